The molecule has 2 heterocycles. The number of hydrogen-bond donors (Lipinski definition) is 1. The number of carbonyl (C=O) groups is 2. The number of benzene rings is 2. The van der Waals surface area contributed by atoms with Crippen LogP contribution in [0.1, 0.15) is 41.6 Å². The van der Waals surface area contributed by atoms with Crippen LogP contribution in [0.4, 0.5) is 5.69 Å². The van der Waals surface area contributed by atoms with Crippen LogP contribution in [-0.2, 0) is 11.2 Å². The van der Waals surface area contributed by atoms with Gasteiger partial charge in [-0.3, -0.25) is 9.59 Å². The number of likely N-dealkylation sites (tertiary alicyclic amines) is 1. The summed E-state index contributed by atoms with van der Waals surface area (Å²) < 4.78 is 16.1. The zero-order valence-corrected chi connectivity index (χ0v) is 18.0. The Morgan fingerprint density at radius 3 is 2.77 bits per heavy atom. The lowest BCUT2D eigenvalue weighted by atomic mass is 9.94. The van der Waals surface area contributed by atoms with E-state index in [9.17, 15) is 9.59 Å². The molecule has 0 spiro atoms. The molecule has 1 N–H and O–H groups in total. The highest BCUT2D eigenvalue weighted by molar-refractivity contribution is 6.00. The summed E-state index contributed by atoms with van der Waals surface area (Å²) in [6.07, 6.45) is 4.84. The molecule has 2 aliphatic rings. The first-order valence-corrected chi connectivity index (χ1v) is 10.7. The Hall–Kier alpha value is -3.22. The number of hydrogen-bond acceptors (Lipinski definition) is 5. The summed E-state index contributed by atoms with van der Waals surface area (Å²) in [6.45, 7) is 0.750. The number of amides is 2. The molecule has 4 rings (SSSR count). The molecule has 0 radical (unpaired) electrons. The van der Waals surface area contributed by atoms with Gasteiger partial charge in [0.1, 0.15) is 5.75 Å². The number of fused-ring (bicyclic) bond motifs is 1. The van der Waals surface area contributed by atoms with E-state index in [1.807, 2.05) is 23.1 Å². The Labute approximate surface area is 182 Å². The number of aryl methyl sites for hydroxylation is 1. The predicted octanol–water partition coefficient (Wildman–Crippen LogP) is 3.66. The summed E-state index contributed by atoms with van der Waals surface area (Å²) in [5.74, 6) is 1.82. The Morgan fingerprint density at radius 1 is 1.13 bits per heavy atom. The molecule has 1 saturated heterocycles. The van der Waals surface area contributed by atoms with Crippen molar-refractivity contribution < 1.29 is 23.8 Å². The van der Waals surface area contributed by atoms with E-state index >= 15 is 0 Å². The predicted molar refractivity (Wildman–Crippen MR) is 117 cm³/mol. The first-order chi connectivity index (χ1) is 15.1. The fraction of sp³-hybridized carbons (Fsp3) is 0.417. The van der Waals surface area contributed by atoms with Crippen LogP contribution in [-0.4, -0.2) is 50.1 Å². The molecular weight excluding hydrogens is 396 g/mol. The van der Waals surface area contributed by atoms with Crippen LogP contribution in [0.5, 0.6) is 17.2 Å². The third-order valence-electron chi connectivity index (χ3n) is 5.96. The van der Waals surface area contributed by atoms with Crippen LogP contribution in [0, 0.1) is 0 Å². The first kappa shape index (κ1) is 21.0. The molecule has 2 aliphatic heterocycles. The second-order valence-electron chi connectivity index (χ2n) is 7.92. The Balaban J connectivity index is 1.47. The van der Waals surface area contributed by atoms with Gasteiger partial charge < -0.3 is 24.4 Å². The molecule has 7 heteroatoms. The molecule has 1 unspecified atom stereocenters. The number of rotatable bonds is 6. The molecule has 0 bridgehead atoms. The van der Waals surface area contributed by atoms with Crippen LogP contribution >= 0.6 is 0 Å². The highest BCUT2D eigenvalue weighted by Crippen LogP contribution is 2.31. The van der Waals surface area contributed by atoms with Gasteiger partial charge in [-0.15, -0.1) is 0 Å². The van der Waals surface area contributed by atoms with E-state index in [0.717, 1.165) is 50.0 Å². The van der Waals surface area contributed by atoms with Crippen molar-refractivity contribution in [3.63, 3.8) is 0 Å². The fourth-order valence-electron chi connectivity index (χ4n) is 4.32. The van der Waals surface area contributed by atoms with E-state index in [1.54, 1.807) is 32.4 Å². The largest absolute Gasteiger partial charge is 0.493 e. The van der Waals surface area contributed by atoms with Crippen LogP contribution in [0.3, 0.4) is 0 Å². The second-order valence-corrected chi connectivity index (χ2v) is 7.92. The minimum atomic E-state index is -0.206. The van der Waals surface area contributed by atoms with E-state index < -0.39 is 0 Å². The molecular formula is C24H28N2O5. The molecule has 31 heavy (non-hydrogen) atoms. The van der Waals surface area contributed by atoms with Crippen LogP contribution < -0.4 is 19.5 Å². The average Bonchev–Trinajstić information content (AvgIpc) is 2.81. The smallest absolute Gasteiger partial charge is 0.262 e. The van der Waals surface area contributed by atoms with Gasteiger partial charge in [0, 0.05) is 18.2 Å². The number of nitrogens with one attached hydrogen (secondary N) is 1. The van der Waals surface area contributed by atoms with Crippen molar-refractivity contribution in [2.75, 3.05) is 32.7 Å². The van der Waals surface area contributed by atoms with Gasteiger partial charge in [0.25, 0.3) is 11.8 Å². The summed E-state index contributed by atoms with van der Waals surface area (Å²) >= 11 is 0. The molecule has 0 aromatic heterocycles. The Bertz CT molecular complexity index is 974. The van der Waals surface area contributed by atoms with Gasteiger partial charge in [-0.05, 0) is 68.0 Å². The summed E-state index contributed by atoms with van der Waals surface area (Å²) in [7, 11) is 3.26. The highest BCUT2D eigenvalue weighted by Gasteiger charge is 2.28. The maximum absolute atomic E-state index is 13.3. The maximum Gasteiger partial charge on any atom is 0.262 e. The van der Waals surface area contributed by atoms with E-state index in [0.29, 0.717) is 22.7 Å². The first-order valence-electron chi connectivity index (χ1n) is 10.7. The van der Waals surface area contributed by atoms with Gasteiger partial charge in [0.05, 0.1) is 19.9 Å². The van der Waals surface area contributed by atoms with Crippen molar-refractivity contribution >= 4 is 17.5 Å². The minimum absolute atomic E-state index is 0.000339. The molecule has 1 atom stereocenters. The molecule has 2 amide bonds. The van der Waals surface area contributed by atoms with Gasteiger partial charge in [0.15, 0.2) is 18.1 Å². The molecule has 2 aromatic carbocycles. The van der Waals surface area contributed by atoms with Crippen LogP contribution in [0.25, 0.3) is 0 Å². The summed E-state index contributed by atoms with van der Waals surface area (Å²) in [5.41, 5.74) is 2.29. The van der Waals surface area contributed by atoms with Crippen molar-refractivity contribution in [2.24, 2.45) is 0 Å². The van der Waals surface area contributed by atoms with E-state index in [4.69, 9.17) is 14.2 Å². The summed E-state index contributed by atoms with van der Waals surface area (Å²) in [5, 5.41) is 2.78. The van der Waals surface area contributed by atoms with Crippen molar-refractivity contribution in [3.05, 3.63) is 47.5 Å². The maximum atomic E-state index is 13.3. The second kappa shape index (κ2) is 9.29. The lowest BCUT2D eigenvalue weighted by molar-refractivity contribution is -0.118. The summed E-state index contributed by atoms with van der Waals surface area (Å²) in [4.78, 5) is 26.9. The van der Waals surface area contributed by atoms with Gasteiger partial charge in [-0.1, -0.05) is 6.07 Å². The number of anilines is 1. The molecule has 0 saturated carbocycles. The zero-order chi connectivity index (χ0) is 21.8. The van der Waals surface area contributed by atoms with Crippen molar-refractivity contribution in [1.82, 2.24) is 4.90 Å². The molecule has 164 valence electrons. The van der Waals surface area contributed by atoms with Crippen molar-refractivity contribution in [1.29, 1.82) is 0 Å². The van der Waals surface area contributed by atoms with Gasteiger partial charge in [0.2, 0.25) is 0 Å². The monoisotopic (exact) mass is 424 g/mol. The lowest BCUT2D eigenvalue weighted by Crippen LogP contribution is -2.44. The third kappa shape index (κ3) is 4.60. The van der Waals surface area contributed by atoms with Crippen molar-refractivity contribution in [2.45, 2.75) is 38.1 Å². The number of carbonyl (C=O) groups excluding carboxylic acids is 2. The topological polar surface area (TPSA) is 77.1 Å². The Morgan fingerprint density at radius 2 is 1.97 bits per heavy atom. The van der Waals surface area contributed by atoms with E-state index in [1.165, 1.54) is 0 Å². The molecule has 1 fully saturated rings. The minimum Gasteiger partial charge on any atom is -0.493 e. The zero-order valence-electron chi connectivity index (χ0n) is 18.0. The lowest BCUT2D eigenvalue weighted by Gasteiger charge is -2.36. The SMILES string of the molecule is COc1ccc(CCC2CCCCN2C(=O)c2ccc3c(c2)NC(=O)CO3)cc1OC. The molecule has 2 aromatic rings. The number of piperidine rings is 1. The Kier molecular flexibility index (Phi) is 6.30. The average molecular weight is 424 g/mol. The number of methoxy groups -OCH3 is 2. The van der Waals surface area contributed by atoms with E-state index in [2.05, 4.69) is 5.32 Å². The van der Waals surface area contributed by atoms with Gasteiger partial charge in [-0.2, -0.15) is 0 Å². The standard InChI is InChI=1S/C24H28N2O5/c1-29-21-10-7-16(13-22(21)30-2)6-9-18-5-3-4-12-26(18)24(28)17-8-11-20-19(14-17)25-23(27)15-31-20/h7-8,10-11,13-14,18H,3-6,9,12,15H2,1-2H3,(H,25,27). The molecule has 0 aliphatic carbocycles. The van der Waals surface area contributed by atoms with Crippen LogP contribution in [0.2, 0.25) is 0 Å². The fourth-order valence-corrected chi connectivity index (χ4v) is 4.32. The number of ether oxygens (including phenoxy) is 3. The normalized spacial score (nSPS) is 17.9. The highest BCUT2D eigenvalue weighted by atomic mass is 16.5. The van der Waals surface area contributed by atoms with Gasteiger partial charge >= 0.3 is 0 Å². The van der Waals surface area contributed by atoms with Crippen LogP contribution in [0.15, 0.2) is 36.4 Å². The summed E-state index contributed by atoms with van der Waals surface area (Å²) in [6, 6.07) is 11.4. The van der Waals surface area contributed by atoms with E-state index in [-0.39, 0.29) is 24.5 Å². The quantitative estimate of drug-likeness (QED) is 0.766. The van der Waals surface area contributed by atoms with Gasteiger partial charge in [-0.25, -0.2) is 0 Å². The number of nitrogens with zero attached hydrogens (tertiary/aromatic N) is 1. The van der Waals surface area contributed by atoms with Crippen molar-refractivity contribution in [3.8, 4) is 17.2 Å². The molecule has 7 nitrogen and oxygen atoms in total. The third-order valence-corrected chi connectivity index (χ3v) is 5.96.